The van der Waals surface area contributed by atoms with Crippen molar-refractivity contribution in [3.8, 4) is 28.7 Å². The largest absolute Gasteiger partial charge is 0.493 e. The molecule has 2 aliphatic rings. The fraction of sp³-hybridized carbons (Fsp3) is 0.276. The van der Waals surface area contributed by atoms with E-state index >= 15 is 0 Å². The molecule has 0 bridgehead atoms. The molecule has 0 amide bonds. The molecule has 3 aromatic rings. The average molecular weight is 489 g/mol. The first-order valence-electron chi connectivity index (χ1n) is 11.7. The van der Waals surface area contributed by atoms with Gasteiger partial charge in [-0.1, -0.05) is 30.3 Å². The van der Waals surface area contributed by atoms with Crippen molar-refractivity contribution in [2.75, 3.05) is 35.0 Å². The van der Waals surface area contributed by atoms with Crippen LogP contribution in [0.3, 0.4) is 0 Å². The van der Waals surface area contributed by atoms with E-state index in [0.29, 0.717) is 54.0 Å². The molecule has 0 spiro atoms. The number of benzene rings is 3. The molecule has 0 aromatic heterocycles. The number of cyclic esters (lactones) is 1. The standard InChI is InChI=1S/C29H28O7/c1-31-22-11-18-10-20-16-36-29(30)27(20)26(19-12-24(32-2)28(34-4)25(13-19)33-3)21(18)14-23(22)35-15-17-8-6-5-7-9-17/h5-9,11-14,20H,10,15-16H2,1-4H3/t20-/m0/s1. The van der Waals surface area contributed by atoms with Crippen molar-refractivity contribution >= 4 is 11.5 Å². The summed E-state index contributed by atoms with van der Waals surface area (Å²) in [6.07, 6.45) is 0.666. The lowest BCUT2D eigenvalue weighted by Crippen LogP contribution is -2.18. The number of rotatable bonds is 8. The smallest absolute Gasteiger partial charge is 0.335 e. The number of methoxy groups -OCH3 is 4. The van der Waals surface area contributed by atoms with Crippen LogP contribution in [0.15, 0.2) is 60.2 Å². The number of fused-ring (bicyclic) bond motifs is 2. The maximum Gasteiger partial charge on any atom is 0.335 e. The minimum atomic E-state index is -0.308. The average Bonchev–Trinajstić information content (AvgIpc) is 3.29. The Balaban J connectivity index is 1.67. The predicted octanol–water partition coefficient (Wildman–Crippen LogP) is 4.83. The highest BCUT2D eigenvalue weighted by molar-refractivity contribution is 6.05. The van der Waals surface area contributed by atoms with Gasteiger partial charge in [-0.05, 0) is 52.9 Å². The summed E-state index contributed by atoms with van der Waals surface area (Å²) < 4.78 is 34.1. The number of carbonyl (C=O) groups is 1. The molecule has 1 atom stereocenters. The molecule has 0 radical (unpaired) electrons. The Bertz CT molecular complexity index is 1300. The second kappa shape index (κ2) is 9.85. The van der Waals surface area contributed by atoms with Gasteiger partial charge in [0.15, 0.2) is 23.0 Å². The molecule has 186 valence electrons. The number of esters is 1. The molecule has 0 N–H and O–H groups in total. The van der Waals surface area contributed by atoms with E-state index in [4.69, 9.17) is 28.4 Å². The summed E-state index contributed by atoms with van der Waals surface area (Å²) in [4.78, 5) is 12.9. The molecule has 36 heavy (non-hydrogen) atoms. The van der Waals surface area contributed by atoms with Gasteiger partial charge in [0.1, 0.15) is 6.61 Å². The number of hydrogen-bond acceptors (Lipinski definition) is 7. The summed E-state index contributed by atoms with van der Waals surface area (Å²) in [5.41, 5.74) is 5.17. The molecule has 1 aliphatic heterocycles. The van der Waals surface area contributed by atoms with Gasteiger partial charge in [0.05, 0.1) is 40.6 Å². The van der Waals surface area contributed by atoms with Crippen LogP contribution in [0.1, 0.15) is 22.3 Å². The van der Waals surface area contributed by atoms with E-state index in [1.165, 1.54) is 0 Å². The van der Waals surface area contributed by atoms with Crippen LogP contribution in [-0.2, 0) is 22.6 Å². The summed E-state index contributed by atoms with van der Waals surface area (Å²) in [6, 6.07) is 17.6. The van der Waals surface area contributed by atoms with Gasteiger partial charge in [0.25, 0.3) is 0 Å². The van der Waals surface area contributed by atoms with Gasteiger partial charge in [-0.15, -0.1) is 0 Å². The monoisotopic (exact) mass is 488 g/mol. The number of hydrogen-bond donors (Lipinski definition) is 0. The van der Waals surface area contributed by atoms with Gasteiger partial charge in [0, 0.05) is 11.5 Å². The Kier molecular flexibility index (Phi) is 6.46. The Morgan fingerprint density at radius 2 is 1.53 bits per heavy atom. The minimum absolute atomic E-state index is 0.0557. The topological polar surface area (TPSA) is 72.5 Å². The Morgan fingerprint density at radius 3 is 2.17 bits per heavy atom. The van der Waals surface area contributed by atoms with E-state index in [2.05, 4.69) is 0 Å². The quantitative estimate of drug-likeness (QED) is 0.421. The van der Waals surface area contributed by atoms with Gasteiger partial charge >= 0.3 is 5.97 Å². The van der Waals surface area contributed by atoms with E-state index in [-0.39, 0.29) is 11.9 Å². The Hall–Kier alpha value is -4.13. The molecule has 3 aromatic carbocycles. The Labute approximate surface area is 210 Å². The third kappa shape index (κ3) is 4.11. The van der Waals surface area contributed by atoms with Crippen molar-refractivity contribution in [3.05, 3.63) is 82.4 Å². The summed E-state index contributed by atoms with van der Waals surface area (Å²) >= 11 is 0. The highest BCUT2D eigenvalue weighted by Gasteiger charge is 2.39. The van der Waals surface area contributed by atoms with Crippen LogP contribution in [0, 0.1) is 5.92 Å². The van der Waals surface area contributed by atoms with Gasteiger partial charge in [0.2, 0.25) is 5.75 Å². The molecule has 7 heteroatoms. The van der Waals surface area contributed by atoms with E-state index in [1.807, 2.05) is 54.6 Å². The van der Waals surface area contributed by atoms with Gasteiger partial charge in [-0.3, -0.25) is 0 Å². The van der Waals surface area contributed by atoms with Crippen LogP contribution in [0.4, 0.5) is 0 Å². The summed E-state index contributed by atoms with van der Waals surface area (Å²) in [7, 11) is 6.33. The van der Waals surface area contributed by atoms with E-state index in [0.717, 1.165) is 27.8 Å². The first kappa shape index (κ1) is 23.6. The predicted molar refractivity (Wildman–Crippen MR) is 134 cm³/mol. The van der Waals surface area contributed by atoms with Gasteiger partial charge < -0.3 is 28.4 Å². The fourth-order valence-corrected chi connectivity index (χ4v) is 4.93. The van der Waals surface area contributed by atoms with Crippen molar-refractivity contribution in [2.24, 2.45) is 5.92 Å². The molecule has 7 nitrogen and oxygen atoms in total. The first-order chi connectivity index (χ1) is 17.6. The van der Waals surface area contributed by atoms with Crippen LogP contribution < -0.4 is 23.7 Å². The van der Waals surface area contributed by atoms with Crippen LogP contribution in [0.25, 0.3) is 5.57 Å². The maximum absolute atomic E-state index is 12.9. The first-order valence-corrected chi connectivity index (χ1v) is 11.7. The minimum Gasteiger partial charge on any atom is -0.493 e. The molecule has 1 saturated heterocycles. The summed E-state index contributed by atoms with van der Waals surface area (Å²) in [6.45, 7) is 0.729. The second-order valence-corrected chi connectivity index (χ2v) is 8.64. The molecule has 1 aliphatic carbocycles. The van der Waals surface area contributed by atoms with Crippen molar-refractivity contribution in [1.82, 2.24) is 0 Å². The van der Waals surface area contributed by atoms with Crippen LogP contribution in [-0.4, -0.2) is 41.0 Å². The summed E-state index contributed by atoms with van der Waals surface area (Å²) in [5, 5.41) is 0. The highest BCUT2D eigenvalue weighted by Crippen LogP contribution is 2.48. The van der Waals surface area contributed by atoms with Crippen molar-refractivity contribution in [2.45, 2.75) is 13.0 Å². The number of carbonyl (C=O) groups excluding carboxylic acids is 1. The van der Waals surface area contributed by atoms with Crippen LogP contribution in [0.2, 0.25) is 0 Å². The fourth-order valence-electron chi connectivity index (χ4n) is 4.93. The normalized spacial score (nSPS) is 16.1. The van der Waals surface area contributed by atoms with Gasteiger partial charge in [-0.25, -0.2) is 4.79 Å². The zero-order valence-corrected chi connectivity index (χ0v) is 20.8. The van der Waals surface area contributed by atoms with Crippen LogP contribution >= 0.6 is 0 Å². The number of ether oxygens (including phenoxy) is 6. The van der Waals surface area contributed by atoms with Crippen LogP contribution in [0.5, 0.6) is 28.7 Å². The maximum atomic E-state index is 12.9. The lowest BCUT2D eigenvalue weighted by molar-refractivity contribution is -0.135. The molecule has 0 unspecified atom stereocenters. The second-order valence-electron chi connectivity index (χ2n) is 8.64. The Morgan fingerprint density at radius 1 is 0.833 bits per heavy atom. The van der Waals surface area contributed by atoms with Crippen molar-refractivity contribution in [1.29, 1.82) is 0 Å². The zero-order chi connectivity index (χ0) is 25.2. The molecular weight excluding hydrogens is 460 g/mol. The molecule has 1 fully saturated rings. The van der Waals surface area contributed by atoms with E-state index < -0.39 is 0 Å². The summed E-state index contributed by atoms with van der Waals surface area (Å²) in [5.74, 6) is 2.36. The lowest BCUT2D eigenvalue weighted by atomic mass is 9.77. The van der Waals surface area contributed by atoms with E-state index in [9.17, 15) is 4.79 Å². The SMILES string of the molecule is COc1cc2c(cc1OCc1ccccc1)C(c1cc(OC)c(OC)c(OC)c1)=C1C(=O)OC[C@@H]1C2. The van der Waals surface area contributed by atoms with Gasteiger partial charge in [-0.2, -0.15) is 0 Å². The highest BCUT2D eigenvalue weighted by atomic mass is 16.5. The third-order valence-corrected chi connectivity index (χ3v) is 6.63. The van der Waals surface area contributed by atoms with Crippen molar-refractivity contribution < 1.29 is 33.2 Å². The zero-order valence-electron chi connectivity index (χ0n) is 20.8. The lowest BCUT2D eigenvalue weighted by Gasteiger charge is -2.26. The molecule has 0 saturated carbocycles. The molecular formula is C29H28O7. The van der Waals surface area contributed by atoms with Crippen molar-refractivity contribution in [3.63, 3.8) is 0 Å². The third-order valence-electron chi connectivity index (χ3n) is 6.63. The molecule has 5 rings (SSSR count). The van der Waals surface area contributed by atoms with E-state index in [1.54, 1.807) is 28.4 Å². The molecule has 1 heterocycles.